The van der Waals surface area contributed by atoms with Gasteiger partial charge in [-0.15, -0.1) is 10.2 Å². The molecule has 0 aliphatic heterocycles. The van der Waals surface area contributed by atoms with Gasteiger partial charge in [-0.25, -0.2) is 4.79 Å². The maximum Gasteiger partial charge on any atom is 0.317 e. The molecule has 1 aromatic rings. The second kappa shape index (κ2) is 7.46. The quantitative estimate of drug-likeness (QED) is 0.739. The summed E-state index contributed by atoms with van der Waals surface area (Å²) in [5.41, 5.74) is 0. The maximum atomic E-state index is 11.9. The van der Waals surface area contributed by atoms with Crippen LogP contribution in [0.15, 0.2) is 6.33 Å². The van der Waals surface area contributed by atoms with Gasteiger partial charge in [0.15, 0.2) is 0 Å². The Bertz CT molecular complexity index is 460. The predicted octanol–water partition coefficient (Wildman–Crippen LogP) is 0.110. The van der Waals surface area contributed by atoms with Gasteiger partial charge in [-0.3, -0.25) is 4.79 Å². The lowest BCUT2D eigenvalue weighted by molar-refractivity contribution is -0.141. The van der Waals surface area contributed by atoms with E-state index in [1.807, 2.05) is 14.0 Å². The SMILES string of the molecule is CCN(CC(C)C(=O)O)C(=O)NCCc1nncn1C. The molecule has 2 N–H and O–H groups in total. The molecule has 0 aliphatic rings. The monoisotopic (exact) mass is 283 g/mol. The number of nitrogens with one attached hydrogen (secondary N) is 1. The number of aryl methyl sites for hydroxylation is 1. The Balaban J connectivity index is 2.40. The molecule has 1 aromatic heterocycles. The van der Waals surface area contributed by atoms with E-state index in [4.69, 9.17) is 5.11 Å². The summed E-state index contributed by atoms with van der Waals surface area (Å²) >= 11 is 0. The summed E-state index contributed by atoms with van der Waals surface area (Å²) in [6, 6.07) is -0.261. The maximum absolute atomic E-state index is 11.9. The molecule has 1 atom stereocenters. The van der Waals surface area contributed by atoms with E-state index in [1.165, 1.54) is 4.90 Å². The van der Waals surface area contributed by atoms with Gasteiger partial charge in [0.05, 0.1) is 5.92 Å². The molecular formula is C12H21N5O3. The number of amides is 2. The minimum Gasteiger partial charge on any atom is -0.481 e. The molecule has 20 heavy (non-hydrogen) atoms. The molecule has 0 radical (unpaired) electrons. The summed E-state index contributed by atoms with van der Waals surface area (Å²) in [7, 11) is 1.84. The van der Waals surface area contributed by atoms with Gasteiger partial charge in [0, 0.05) is 33.1 Å². The highest BCUT2D eigenvalue weighted by Crippen LogP contribution is 2.01. The van der Waals surface area contributed by atoms with Crippen molar-refractivity contribution < 1.29 is 14.7 Å². The Morgan fingerprint density at radius 2 is 2.25 bits per heavy atom. The first-order valence-electron chi connectivity index (χ1n) is 6.54. The van der Waals surface area contributed by atoms with Crippen LogP contribution in [-0.4, -0.2) is 56.4 Å². The minimum absolute atomic E-state index is 0.196. The van der Waals surface area contributed by atoms with Gasteiger partial charge >= 0.3 is 12.0 Å². The lowest BCUT2D eigenvalue weighted by atomic mass is 10.2. The van der Waals surface area contributed by atoms with E-state index >= 15 is 0 Å². The van der Waals surface area contributed by atoms with Crippen LogP contribution in [0.25, 0.3) is 0 Å². The Kier molecular flexibility index (Phi) is 5.95. The Morgan fingerprint density at radius 1 is 1.55 bits per heavy atom. The molecular weight excluding hydrogens is 262 g/mol. The van der Waals surface area contributed by atoms with Crippen LogP contribution in [0.1, 0.15) is 19.7 Å². The van der Waals surface area contributed by atoms with Crippen LogP contribution in [0.5, 0.6) is 0 Å². The number of carboxylic acid groups (broad SMARTS) is 1. The zero-order chi connectivity index (χ0) is 15.1. The zero-order valence-corrected chi connectivity index (χ0v) is 12.0. The highest BCUT2D eigenvalue weighted by atomic mass is 16.4. The van der Waals surface area contributed by atoms with Gasteiger partial charge in [0.2, 0.25) is 0 Å². The number of urea groups is 1. The van der Waals surface area contributed by atoms with E-state index in [1.54, 1.807) is 17.8 Å². The summed E-state index contributed by atoms with van der Waals surface area (Å²) in [4.78, 5) is 24.2. The number of aromatic nitrogens is 3. The van der Waals surface area contributed by atoms with Crippen LogP contribution in [0.4, 0.5) is 4.79 Å². The number of rotatable bonds is 7. The van der Waals surface area contributed by atoms with Crippen molar-refractivity contribution in [2.24, 2.45) is 13.0 Å². The second-order valence-electron chi connectivity index (χ2n) is 4.62. The van der Waals surface area contributed by atoms with Crippen molar-refractivity contribution in [3.63, 3.8) is 0 Å². The third-order valence-electron chi connectivity index (χ3n) is 3.01. The number of hydrogen-bond donors (Lipinski definition) is 2. The first-order valence-corrected chi connectivity index (χ1v) is 6.54. The number of aliphatic carboxylic acids is 1. The molecule has 0 saturated carbocycles. The van der Waals surface area contributed by atoms with E-state index in [9.17, 15) is 9.59 Å². The number of carbonyl (C=O) groups is 2. The van der Waals surface area contributed by atoms with Gasteiger partial charge in [0.25, 0.3) is 0 Å². The largest absolute Gasteiger partial charge is 0.481 e. The van der Waals surface area contributed by atoms with Gasteiger partial charge in [-0.05, 0) is 6.92 Å². The Morgan fingerprint density at radius 3 is 2.75 bits per heavy atom. The van der Waals surface area contributed by atoms with E-state index in [2.05, 4.69) is 15.5 Å². The van der Waals surface area contributed by atoms with Crippen molar-refractivity contribution in [2.45, 2.75) is 20.3 Å². The Hall–Kier alpha value is -2.12. The summed E-state index contributed by atoms with van der Waals surface area (Å²) < 4.78 is 1.79. The average Bonchev–Trinajstić information content (AvgIpc) is 2.81. The summed E-state index contributed by atoms with van der Waals surface area (Å²) in [6.07, 6.45) is 2.18. The molecule has 0 fully saturated rings. The summed E-state index contributed by atoms with van der Waals surface area (Å²) in [5.74, 6) is -0.706. The van der Waals surface area contributed by atoms with Crippen molar-refractivity contribution >= 4 is 12.0 Å². The standard InChI is InChI=1S/C12H21N5O3/c1-4-17(7-9(2)11(18)19)12(20)13-6-5-10-15-14-8-16(10)3/h8-9H,4-7H2,1-3H3,(H,13,20)(H,18,19). The zero-order valence-electron chi connectivity index (χ0n) is 12.0. The van der Waals surface area contributed by atoms with Crippen LogP contribution in [-0.2, 0) is 18.3 Å². The fraction of sp³-hybridized carbons (Fsp3) is 0.667. The van der Waals surface area contributed by atoms with Gasteiger partial charge < -0.3 is 19.9 Å². The first kappa shape index (κ1) is 15.9. The van der Waals surface area contributed by atoms with Gasteiger partial charge in [-0.1, -0.05) is 6.92 Å². The molecule has 112 valence electrons. The smallest absolute Gasteiger partial charge is 0.317 e. The van der Waals surface area contributed by atoms with Crippen molar-refractivity contribution in [3.05, 3.63) is 12.2 Å². The molecule has 0 spiro atoms. The molecule has 1 rings (SSSR count). The minimum atomic E-state index is -0.907. The van der Waals surface area contributed by atoms with Crippen LogP contribution >= 0.6 is 0 Å². The molecule has 8 heteroatoms. The van der Waals surface area contributed by atoms with Crippen LogP contribution in [0, 0.1) is 5.92 Å². The molecule has 0 bridgehead atoms. The van der Waals surface area contributed by atoms with Gasteiger partial charge in [-0.2, -0.15) is 0 Å². The molecule has 1 heterocycles. The van der Waals surface area contributed by atoms with Crippen LogP contribution in [0.3, 0.4) is 0 Å². The predicted molar refractivity (Wildman–Crippen MR) is 72.2 cm³/mol. The topological polar surface area (TPSA) is 100 Å². The molecule has 2 amide bonds. The average molecular weight is 283 g/mol. The normalized spacial score (nSPS) is 11.9. The fourth-order valence-electron chi connectivity index (χ4n) is 1.69. The van der Waals surface area contributed by atoms with Crippen LogP contribution < -0.4 is 5.32 Å². The van der Waals surface area contributed by atoms with Crippen molar-refractivity contribution in [1.29, 1.82) is 0 Å². The van der Waals surface area contributed by atoms with E-state index in [0.29, 0.717) is 19.5 Å². The van der Waals surface area contributed by atoms with E-state index in [0.717, 1.165) is 5.82 Å². The molecule has 1 unspecified atom stereocenters. The van der Waals surface area contributed by atoms with E-state index in [-0.39, 0.29) is 12.6 Å². The highest BCUT2D eigenvalue weighted by Gasteiger charge is 2.18. The first-order chi connectivity index (χ1) is 9.45. The number of carboxylic acids is 1. The molecule has 0 aromatic carbocycles. The van der Waals surface area contributed by atoms with Gasteiger partial charge in [0.1, 0.15) is 12.2 Å². The Labute approximate surface area is 117 Å². The number of nitrogens with zero attached hydrogens (tertiary/aromatic N) is 4. The molecule has 0 aliphatic carbocycles. The lowest BCUT2D eigenvalue weighted by Gasteiger charge is -2.23. The summed E-state index contributed by atoms with van der Waals surface area (Å²) in [6.45, 7) is 4.49. The second-order valence-corrected chi connectivity index (χ2v) is 4.62. The highest BCUT2D eigenvalue weighted by molar-refractivity contribution is 5.75. The summed E-state index contributed by atoms with van der Waals surface area (Å²) in [5, 5.41) is 19.3. The molecule has 0 saturated heterocycles. The third kappa shape index (κ3) is 4.52. The van der Waals surface area contributed by atoms with Crippen molar-refractivity contribution in [2.75, 3.05) is 19.6 Å². The fourth-order valence-corrected chi connectivity index (χ4v) is 1.69. The molecule has 8 nitrogen and oxygen atoms in total. The van der Waals surface area contributed by atoms with E-state index < -0.39 is 11.9 Å². The van der Waals surface area contributed by atoms with Crippen LogP contribution in [0.2, 0.25) is 0 Å². The van der Waals surface area contributed by atoms with Crippen molar-refractivity contribution in [3.8, 4) is 0 Å². The van der Waals surface area contributed by atoms with Crippen molar-refractivity contribution in [1.82, 2.24) is 25.0 Å². The third-order valence-corrected chi connectivity index (χ3v) is 3.01. The lowest BCUT2D eigenvalue weighted by Crippen LogP contribution is -2.43. The number of carbonyl (C=O) groups excluding carboxylic acids is 1. The number of hydrogen-bond acceptors (Lipinski definition) is 4.